The fourth-order valence-corrected chi connectivity index (χ4v) is 3.47. The van der Waals surface area contributed by atoms with Crippen molar-refractivity contribution >= 4 is 56.4 Å². The average molecular weight is 489 g/mol. The highest BCUT2D eigenvalue weighted by Gasteiger charge is 2.18. The summed E-state index contributed by atoms with van der Waals surface area (Å²) in [6.45, 7) is 1.87. The number of non-ortho nitro benzene ring substituents is 1. The van der Waals surface area contributed by atoms with Gasteiger partial charge in [0.05, 0.1) is 26.8 Å². The molecule has 2 amide bonds. The van der Waals surface area contributed by atoms with Crippen LogP contribution in [0.5, 0.6) is 0 Å². The van der Waals surface area contributed by atoms with E-state index in [1.807, 2.05) is 19.1 Å². The number of para-hydroxylation sites is 1. The first-order valence-electron chi connectivity index (χ1n) is 8.68. The average Bonchev–Trinajstić information content (AvgIpc) is 2.70. The Labute approximate surface area is 185 Å². The van der Waals surface area contributed by atoms with Gasteiger partial charge in [-0.2, -0.15) is 0 Å². The van der Waals surface area contributed by atoms with Crippen LogP contribution in [-0.4, -0.2) is 16.7 Å². The quantitative estimate of drug-likeness (QED) is 0.349. The number of carbonyl (C=O) groups is 2. The van der Waals surface area contributed by atoms with E-state index in [4.69, 9.17) is 11.6 Å². The minimum absolute atomic E-state index is 0.0567. The zero-order valence-corrected chi connectivity index (χ0v) is 18.0. The Morgan fingerprint density at radius 2 is 1.60 bits per heavy atom. The fraction of sp³-hybridized carbons (Fsp3) is 0.0476. The van der Waals surface area contributed by atoms with Crippen molar-refractivity contribution in [3.05, 3.63) is 97.0 Å². The molecule has 30 heavy (non-hydrogen) atoms. The van der Waals surface area contributed by atoms with Crippen LogP contribution in [0.15, 0.2) is 65.1 Å². The van der Waals surface area contributed by atoms with Gasteiger partial charge in [-0.25, -0.2) is 0 Å². The van der Waals surface area contributed by atoms with E-state index in [1.165, 1.54) is 12.1 Å². The van der Waals surface area contributed by atoms with Crippen LogP contribution in [-0.2, 0) is 0 Å². The summed E-state index contributed by atoms with van der Waals surface area (Å²) in [6, 6.07) is 15.5. The molecular weight excluding hydrogens is 474 g/mol. The van der Waals surface area contributed by atoms with Gasteiger partial charge in [-0.15, -0.1) is 0 Å². The number of anilines is 2. The summed E-state index contributed by atoms with van der Waals surface area (Å²) in [4.78, 5) is 35.7. The summed E-state index contributed by atoms with van der Waals surface area (Å²) in [6.07, 6.45) is 0. The van der Waals surface area contributed by atoms with Crippen LogP contribution in [0.2, 0.25) is 5.02 Å². The summed E-state index contributed by atoms with van der Waals surface area (Å²) in [5, 5.41) is 16.2. The molecule has 0 unspecified atom stereocenters. The van der Waals surface area contributed by atoms with Gasteiger partial charge in [-0.05, 0) is 48.9 Å². The lowest BCUT2D eigenvalue weighted by atomic mass is 10.1. The minimum Gasteiger partial charge on any atom is -0.322 e. The Bertz CT molecular complexity index is 1170. The number of nitrogens with one attached hydrogen (secondary N) is 2. The molecule has 0 saturated heterocycles. The monoisotopic (exact) mass is 487 g/mol. The molecular formula is C21H15BrClN3O4. The van der Waals surface area contributed by atoms with Gasteiger partial charge >= 0.3 is 0 Å². The minimum atomic E-state index is -0.600. The summed E-state index contributed by atoms with van der Waals surface area (Å²) in [5.41, 5.74) is 1.89. The van der Waals surface area contributed by atoms with Gasteiger partial charge in [0.1, 0.15) is 0 Å². The van der Waals surface area contributed by atoms with E-state index in [0.717, 1.165) is 16.1 Å². The van der Waals surface area contributed by atoms with Gasteiger partial charge in [-0.1, -0.05) is 39.7 Å². The van der Waals surface area contributed by atoms with Crippen molar-refractivity contribution < 1.29 is 14.5 Å². The van der Waals surface area contributed by atoms with E-state index in [-0.39, 0.29) is 27.5 Å². The Kier molecular flexibility index (Phi) is 6.49. The summed E-state index contributed by atoms with van der Waals surface area (Å²) >= 11 is 9.40. The normalized spacial score (nSPS) is 10.4. The summed E-state index contributed by atoms with van der Waals surface area (Å²) < 4.78 is 0.894. The maximum absolute atomic E-state index is 12.8. The van der Waals surface area contributed by atoms with Crippen LogP contribution < -0.4 is 10.6 Å². The first-order chi connectivity index (χ1) is 14.3. The fourth-order valence-electron chi connectivity index (χ4n) is 2.74. The SMILES string of the molecule is Cc1cc(Br)ccc1NC(=O)c1ccccc1NC(=O)c1ccc([N+](=O)[O-])cc1Cl. The smallest absolute Gasteiger partial charge is 0.270 e. The number of nitro groups is 1. The largest absolute Gasteiger partial charge is 0.322 e. The molecule has 3 rings (SSSR count). The van der Waals surface area contributed by atoms with Crippen LogP contribution in [0, 0.1) is 17.0 Å². The van der Waals surface area contributed by atoms with Crippen molar-refractivity contribution in [2.45, 2.75) is 6.92 Å². The van der Waals surface area contributed by atoms with Crippen molar-refractivity contribution in [3.8, 4) is 0 Å². The molecule has 0 atom stereocenters. The molecule has 0 radical (unpaired) electrons. The number of carbonyl (C=O) groups excluding carboxylic acids is 2. The Hall–Kier alpha value is -3.23. The molecule has 0 saturated carbocycles. The molecule has 0 aliphatic rings. The third-order valence-corrected chi connectivity index (χ3v) is 5.07. The molecule has 0 aliphatic heterocycles. The number of hydrogen-bond acceptors (Lipinski definition) is 4. The number of aryl methyl sites for hydroxylation is 1. The molecule has 3 aromatic carbocycles. The van der Waals surface area contributed by atoms with Crippen molar-refractivity contribution in [2.24, 2.45) is 0 Å². The molecule has 0 spiro atoms. The Balaban J connectivity index is 1.84. The molecule has 152 valence electrons. The summed E-state index contributed by atoms with van der Waals surface area (Å²) in [7, 11) is 0. The second-order valence-corrected chi connectivity index (χ2v) is 7.66. The van der Waals surface area contributed by atoms with E-state index in [1.54, 1.807) is 30.3 Å². The van der Waals surface area contributed by atoms with Crippen LogP contribution in [0.1, 0.15) is 26.3 Å². The number of nitro benzene ring substituents is 1. The second-order valence-electron chi connectivity index (χ2n) is 6.33. The first-order valence-corrected chi connectivity index (χ1v) is 9.85. The predicted octanol–water partition coefficient (Wildman–Crippen LogP) is 5.82. The lowest BCUT2D eigenvalue weighted by Gasteiger charge is -2.13. The Morgan fingerprint density at radius 1 is 0.933 bits per heavy atom. The number of halogens is 2. The van der Waals surface area contributed by atoms with Gasteiger partial charge < -0.3 is 10.6 Å². The molecule has 3 aromatic rings. The molecule has 7 nitrogen and oxygen atoms in total. The van der Waals surface area contributed by atoms with Gasteiger partial charge in [0.2, 0.25) is 0 Å². The van der Waals surface area contributed by atoms with E-state index in [0.29, 0.717) is 5.69 Å². The van der Waals surface area contributed by atoms with Gasteiger partial charge in [0.25, 0.3) is 17.5 Å². The predicted molar refractivity (Wildman–Crippen MR) is 119 cm³/mol. The highest BCUT2D eigenvalue weighted by atomic mass is 79.9. The topological polar surface area (TPSA) is 101 Å². The maximum atomic E-state index is 12.8. The number of nitrogens with zero attached hydrogens (tertiary/aromatic N) is 1. The molecule has 0 heterocycles. The van der Waals surface area contributed by atoms with Crippen LogP contribution in [0.25, 0.3) is 0 Å². The molecule has 0 aliphatic carbocycles. The maximum Gasteiger partial charge on any atom is 0.270 e. The molecule has 2 N–H and O–H groups in total. The van der Waals surface area contributed by atoms with Gasteiger partial charge in [0.15, 0.2) is 0 Å². The molecule has 0 bridgehead atoms. The van der Waals surface area contributed by atoms with E-state index in [9.17, 15) is 19.7 Å². The van der Waals surface area contributed by atoms with Crippen LogP contribution in [0.3, 0.4) is 0 Å². The van der Waals surface area contributed by atoms with Crippen molar-refractivity contribution in [2.75, 3.05) is 10.6 Å². The summed E-state index contributed by atoms with van der Waals surface area (Å²) in [5.74, 6) is -0.985. The number of hydrogen-bond donors (Lipinski definition) is 2. The van der Waals surface area contributed by atoms with Crippen LogP contribution >= 0.6 is 27.5 Å². The molecule has 9 heteroatoms. The first kappa shape index (κ1) is 21.5. The Morgan fingerprint density at radius 3 is 2.27 bits per heavy atom. The van der Waals surface area contributed by atoms with E-state index >= 15 is 0 Å². The molecule has 0 aromatic heterocycles. The van der Waals surface area contributed by atoms with Crippen molar-refractivity contribution in [1.29, 1.82) is 0 Å². The third-order valence-electron chi connectivity index (χ3n) is 4.26. The van der Waals surface area contributed by atoms with Gasteiger partial charge in [0, 0.05) is 22.3 Å². The zero-order valence-electron chi connectivity index (χ0n) is 15.6. The standard InChI is InChI=1S/C21H15BrClN3O4/c1-12-10-13(22)6-9-18(12)24-21(28)16-4-2-3-5-19(16)25-20(27)15-8-7-14(26(29)30)11-17(15)23/h2-11H,1H3,(H,24,28)(H,25,27). The van der Waals surface area contributed by atoms with E-state index < -0.39 is 16.7 Å². The highest BCUT2D eigenvalue weighted by Crippen LogP contribution is 2.25. The lowest BCUT2D eigenvalue weighted by Crippen LogP contribution is -2.18. The third kappa shape index (κ3) is 4.84. The van der Waals surface area contributed by atoms with Crippen molar-refractivity contribution in [1.82, 2.24) is 0 Å². The van der Waals surface area contributed by atoms with E-state index in [2.05, 4.69) is 26.6 Å². The number of benzene rings is 3. The zero-order chi connectivity index (χ0) is 21.8. The van der Waals surface area contributed by atoms with Crippen LogP contribution in [0.4, 0.5) is 17.1 Å². The second kappa shape index (κ2) is 9.06. The molecule has 0 fully saturated rings. The number of amides is 2. The lowest BCUT2D eigenvalue weighted by molar-refractivity contribution is -0.384. The highest BCUT2D eigenvalue weighted by molar-refractivity contribution is 9.10. The van der Waals surface area contributed by atoms with Crippen molar-refractivity contribution in [3.63, 3.8) is 0 Å². The number of rotatable bonds is 5. The van der Waals surface area contributed by atoms with Gasteiger partial charge in [-0.3, -0.25) is 19.7 Å².